The minimum absolute atomic E-state index is 0.331. The molecule has 0 radical (unpaired) electrons. The summed E-state index contributed by atoms with van der Waals surface area (Å²) in [7, 11) is 0. The topological polar surface area (TPSA) is 57.0 Å². The largest absolute Gasteiger partial charge is 0.462 e. The van der Waals surface area contributed by atoms with Crippen molar-refractivity contribution < 1.29 is 9.53 Å². The predicted octanol–water partition coefficient (Wildman–Crippen LogP) is 4.57. The summed E-state index contributed by atoms with van der Waals surface area (Å²) in [4.78, 5) is 16.7. The van der Waals surface area contributed by atoms with Gasteiger partial charge in [0.1, 0.15) is 0 Å². The van der Waals surface area contributed by atoms with E-state index in [0.717, 1.165) is 33.4 Å². The Morgan fingerprint density at radius 1 is 1.11 bits per heavy atom. The highest BCUT2D eigenvalue weighted by Gasteiger charge is 2.12. The summed E-state index contributed by atoms with van der Waals surface area (Å²) in [6.07, 6.45) is 3.71. The third kappa shape index (κ3) is 3.31. The van der Waals surface area contributed by atoms with Gasteiger partial charge in [-0.2, -0.15) is 5.10 Å². The summed E-state index contributed by atoms with van der Waals surface area (Å²) in [6.45, 7) is 4.13. The molecule has 2 aromatic carbocycles. The van der Waals surface area contributed by atoms with E-state index in [1.165, 1.54) is 0 Å². The van der Waals surface area contributed by atoms with Crippen molar-refractivity contribution in [2.45, 2.75) is 13.8 Å². The van der Waals surface area contributed by atoms with E-state index >= 15 is 0 Å². The second-order valence-electron chi connectivity index (χ2n) is 6.28. The van der Waals surface area contributed by atoms with Crippen LogP contribution in [0.5, 0.6) is 0 Å². The lowest BCUT2D eigenvalue weighted by Crippen LogP contribution is -2.07. The Hall–Kier alpha value is -3.47. The van der Waals surface area contributed by atoms with E-state index in [2.05, 4.69) is 11.2 Å². The Morgan fingerprint density at radius 2 is 1.96 bits per heavy atom. The number of pyridine rings is 1. The number of ether oxygens (including phenoxy) is 1. The predicted molar refractivity (Wildman–Crippen MR) is 105 cm³/mol. The van der Waals surface area contributed by atoms with Gasteiger partial charge in [0.2, 0.25) is 0 Å². The number of aromatic nitrogens is 3. The van der Waals surface area contributed by atoms with Crippen LogP contribution in [0.25, 0.3) is 27.8 Å². The standard InChI is InChI=1S/C22H19N3O2/c1-3-27-22(26)17-9-8-15(2)21(12-17)25-14-18(13-23-25)20-11-10-16-6-4-5-7-19(16)24-20/h4-14H,3H2,1-2H3. The maximum Gasteiger partial charge on any atom is 0.338 e. The summed E-state index contributed by atoms with van der Waals surface area (Å²) in [5.74, 6) is -0.331. The van der Waals surface area contributed by atoms with Crippen LogP contribution in [0.2, 0.25) is 0 Å². The molecular weight excluding hydrogens is 338 g/mol. The molecule has 0 spiro atoms. The maximum atomic E-state index is 12.0. The van der Waals surface area contributed by atoms with E-state index in [4.69, 9.17) is 9.72 Å². The van der Waals surface area contributed by atoms with Crippen LogP contribution in [0.15, 0.2) is 67.0 Å². The Balaban J connectivity index is 1.71. The van der Waals surface area contributed by atoms with Crippen LogP contribution in [0.1, 0.15) is 22.8 Å². The van der Waals surface area contributed by atoms with Crippen LogP contribution in [0.3, 0.4) is 0 Å². The van der Waals surface area contributed by atoms with Crippen molar-refractivity contribution >= 4 is 16.9 Å². The smallest absolute Gasteiger partial charge is 0.338 e. The fourth-order valence-electron chi connectivity index (χ4n) is 3.01. The van der Waals surface area contributed by atoms with Gasteiger partial charge in [0.15, 0.2) is 0 Å². The quantitative estimate of drug-likeness (QED) is 0.502. The second kappa shape index (κ2) is 7.03. The van der Waals surface area contributed by atoms with Crippen LogP contribution in [-0.4, -0.2) is 27.3 Å². The van der Waals surface area contributed by atoms with E-state index in [-0.39, 0.29) is 5.97 Å². The Kier molecular flexibility index (Phi) is 4.42. The average molecular weight is 357 g/mol. The molecule has 0 aliphatic carbocycles. The summed E-state index contributed by atoms with van der Waals surface area (Å²) in [5, 5.41) is 5.58. The van der Waals surface area contributed by atoms with Gasteiger partial charge in [0, 0.05) is 17.1 Å². The van der Waals surface area contributed by atoms with Crippen molar-refractivity contribution in [3.8, 4) is 16.9 Å². The summed E-state index contributed by atoms with van der Waals surface area (Å²) < 4.78 is 6.86. The number of fused-ring (bicyclic) bond motifs is 1. The zero-order chi connectivity index (χ0) is 18.8. The van der Waals surface area contributed by atoms with Gasteiger partial charge in [0.05, 0.1) is 35.3 Å². The molecule has 0 saturated heterocycles. The minimum atomic E-state index is -0.331. The zero-order valence-corrected chi connectivity index (χ0v) is 15.2. The van der Waals surface area contributed by atoms with Gasteiger partial charge in [0.25, 0.3) is 0 Å². The molecule has 0 atom stereocenters. The number of carbonyl (C=O) groups is 1. The van der Waals surface area contributed by atoms with Crippen LogP contribution >= 0.6 is 0 Å². The first-order valence-electron chi connectivity index (χ1n) is 8.84. The van der Waals surface area contributed by atoms with Gasteiger partial charge in [-0.1, -0.05) is 30.3 Å². The molecule has 4 aromatic rings. The molecule has 0 amide bonds. The SMILES string of the molecule is CCOC(=O)c1ccc(C)c(-n2cc(-c3ccc4ccccc4n3)cn2)c1. The van der Waals surface area contributed by atoms with Gasteiger partial charge in [-0.25, -0.2) is 14.5 Å². The van der Waals surface area contributed by atoms with Crippen molar-refractivity contribution in [2.75, 3.05) is 6.61 Å². The van der Waals surface area contributed by atoms with E-state index in [9.17, 15) is 4.79 Å². The first-order chi connectivity index (χ1) is 13.2. The molecule has 0 bridgehead atoms. The third-order valence-electron chi connectivity index (χ3n) is 4.44. The number of benzene rings is 2. The first kappa shape index (κ1) is 17.0. The molecule has 27 heavy (non-hydrogen) atoms. The van der Waals surface area contributed by atoms with Gasteiger partial charge in [-0.15, -0.1) is 0 Å². The molecule has 0 saturated carbocycles. The summed E-state index contributed by atoms with van der Waals surface area (Å²) in [5.41, 5.74) is 5.10. The molecule has 0 unspecified atom stereocenters. The molecule has 2 aromatic heterocycles. The molecule has 5 nitrogen and oxygen atoms in total. The highest BCUT2D eigenvalue weighted by molar-refractivity contribution is 5.90. The fraction of sp³-hybridized carbons (Fsp3) is 0.136. The van der Waals surface area contributed by atoms with Crippen LogP contribution in [0.4, 0.5) is 0 Å². The summed E-state index contributed by atoms with van der Waals surface area (Å²) >= 11 is 0. The number of aryl methyl sites for hydroxylation is 1. The normalized spacial score (nSPS) is 10.9. The third-order valence-corrected chi connectivity index (χ3v) is 4.44. The van der Waals surface area contributed by atoms with Gasteiger partial charge in [-0.05, 0) is 43.7 Å². The molecule has 4 rings (SSSR count). The zero-order valence-electron chi connectivity index (χ0n) is 15.2. The highest BCUT2D eigenvalue weighted by Crippen LogP contribution is 2.23. The number of rotatable bonds is 4. The lowest BCUT2D eigenvalue weighted by molar-refractivity contribution is 0.0526. The summed E-state index contributed by atoms with van der Waals surface area (Å²) in [6, 6.07) is 17.5. The average Bonchev–Trinajstić information content (AvgIpc) is 3.18. The lowest BCUT2D eigenvalue weighted by atomic mass is 10.1. The molecule has 0 fully saturated rings. The first-order valence-corrected chi connectivity index (χ1v) is 8.84. The van der Waals surface area contributed by atoms with Crippen molar-refractivity contribution in [1.82, 2.24) is 14.8 Å². The minimum Gasteiger partial charge on any atom is -0.462 e. The van der Waals surface area contributed by atoms with Crippen molar-refractivity contribution in [1.29, 1.82) is 0 Å². The molecule has 0 aliphatic rings. The lowest BCUT2D eigenvalue weighted by Gasteiger charge is -2.08. The Morgan fingerprint density at radius 3 is 2.81 bits per heavy atom. The number of hydrogen-bond donors (Lipinski definition) is 0. The van der Waals surface area contributed by atoms with Crippen LogP contribution < -0.4 is 0 Å². The van der Waals surface area contributed by atoms with E-state index in [1.54, 1.807) is 29.9 Å². The number of esters is 1. The van der Waals surface area contributed by atoms with Crippen molar-refractivity contribution in [3.05, 3.63) is 78.1 Å². The maximum absolute atomic E-state index is 12.0. The molecule has 2 heterocycles. The van der Waals surface area contributed by atoms with Crippen LogP contribution in [0, 0.1) is 6.92 Å². The number of carbonyl (C=O) groups excluding carboxylic acids is 1. The fourth-order valence-corrected chi connectivity index (χ4v) is 3.01. The van der Waals surface area contributed by atoms with Crippen LogP contribution in [-0.2, 0) is 4.74 Å². The van der Waals surface area contributed by atoms with E-state index < -0.39 is 0 Å². The van der Waals surface area contributed by atoms with Crippen molar-refractivity contribution in [2.24, 2.45) is 0 Å². The second-order valence-corrected chi connectivity index (χ2v) is 6.28. The van der Waals surface area contributed by atoms with Gasteiger partial charge >= 0.3 is 5.97 Å². The molecule has 5 heteroatoms. The van der Waals surface area contributed by atoms with Crippen molar-refractivity contribution in [3.63, 3.8) is 0 Å². The highest BCUT2D eigenvalue weighted by atomic mass is 16.5. The molecular formula is C22H19N3O2. The number of nitrogens with zero attached hydrogens (tertiary/aromatic N) is 3. The van der Waals surface area contributed by atoms with E-state index in [1.807, 2.05) is 49.5 Å². The monoisotopic (exact) mass is 357 g/mol. The number of hydrogen-bond acceptors (Lipinski definition) is 4. The van der Waals surface area contributed by atoms with Gasteiger partial charge in [-0.3, -0.25) is 0 Å². The molecule has 0 N–H and O–H groups in total. The Labute approximate surface area is 157 Å². The number of para-hydroxylation sites is 1. The van der Waals surface area contributed by atoms with E-state index in [0.29, 0.717) is 12.2 Å². The molecule has 134 valence electrons. The molecule has 0 aliphatic heterocycles. The Bertz CT molecular complexity index is 1130. The van der Waals surface area contributed by atoms with Gasteiger partial charge < -0.3 is 4.74 Å².